The first-order chi connectivity index (χ1) is 25.2. The Bertz CT molecular complexity index is 815. The standard InChI is InChI=1S/C46H85N3O2/c1-3-5-7-9-11-13-15-17-19-21-23-25-27-29-33-37-43-49(46(51)40-39-45(50)48-42-36-32-31-35-41-47)44-38-34-30-28-26-24-22-20-18-16-14-12-10-8-6-4-2/h11-14,17-20H,3-10,15-16,21-44,47H2,1-2H3,(H,48,50)/b13-11-,14-12-,19-17-,20-18-. The molecule has 0 aromatic heterocycles. The SMILES string of the molecule is CCCCC/C=C\C/C=C\CCCCCCCCN(CCCCCCCC/C=C\C/C=C\CCCCC)C(=O)CCC(=O)NCCCCCCN. The number of carbonyl (C=O) groups is 2. The van der Waals surface area contributed by atoms with Gasteiger partial charge in [-0.05, 0) is 96.4 Å². The lowest BCUT2D eigenvalue weighted by atomic mass is 10.1. The topological polar surface area (TPSA) is 75.4 Å². The molecule has 0 rings (SSSR count). The van der Waals surface area contributed by atoms with Crippen molar-refractivity contribution >= 4 is 11.8 Å². The molecule has 5 heteroatoms. The fraction of sp³-hybridized carbons (Fsp3) is 0.783. The fourth-order valence-electron chi connectivity index (χ4n) is 6.26. The zero-order valence-electron chi connectivity index (χ0n) is 34.0. The van der Waals surface area contributed by atoms with E-state index in [0.717, 1.165) is 71.0 Å². The Labute approximate surface area is 317 Å². The number of rotatable bonds is 39. The van der Waals surface area contributed by atoms with Gasteiger partial charge in [0.25, 0.3) is 0 Å². The lowest BCUT2D eigenvalue weighted by Crippen LogP contribution is -2.34. The van der Waals surface area contributed by atoms with Gasteiger partial charge in [0.15, 0.2) is 0 Å². The quantitative estimate of drug-likeness (QED) is 0.0492. The molecule has 3 N–H and O–H groups in total. The van der Waals surface area contributed by atoms with Crippen LogP contribution in [0.4, 0.5) is 0 Å². The largest absolute Gasteiger partial charge is 0.356 e. The van der Waals surface area contributed by atoms with Crippen LogP contribution in [0.2, 0.25) is 0 Å². The van der Waals surface area contributed by atoms with Gasteiger partial charge in [0.2, 0.25) is 11.8 Å². The van der Waals surface area contributed by atoms with Crippen LogP contribution >= 0.6 is 0 Å². The van der Waals surface area contributed by atoms with E-state index in [-0.39, 0.29) is 11.8 Å². The Morgan fingerprint density at radius 3 is 1.31 bits per heavy atom. The van der Waals surface area contributed by atoms with E-state index in [9.17, 15) is 9.59 Å². The molecule has 296 valence electrons. The van der Waals surface area contributed by atoms with Crippen LogP contribution in [0.15, 0.2) is 48.6 Å². The Kier molecular flexibility index (Phi) is 40.5. The van der Waals surface area contributed by atoms with Crippen molar-refractivity contribution in [3.63, 3.8) is 0 Å². The third-order valence-electron chi connectivity index (χ3n) is 9.63. The maximum absolute atomic E-state index is 13.2. The second kappa shape index (κ2) is 42.3. The average Bonchev–Trinajstić information content (AvgIpc) is 3.14. The highest BCUT2D eigenvalue weighted by Gasteiger charge is 2.14. The van der Waals surface area contributed by atoms with E-state index in [2.05, 4.69) is 72.7 Å². The van der Waals surface area contributed by atoms with Crippen molar-refractivity contribution in [3.05, 3.63) is 48.6 Å². The molecule has 0 radical (unpaired) electrons. The van der Waals surface area contributed by atoms with Crippen LogP contribution in [0.3, 0.4) is 0 Å². The smallest absolute Gasteiger partial charge is 0.223 e. The Hall–Kier alpha value is -2.14. The summed E-state index contributed by atoms with van der Waals surface area (Å²) in [5.41, 5.74) is 5.56. The molecular weight excluding hydrogens is 627 g/mol. The summed E-state index contributed by atoms with van der Waals surface area (Å²) in [6.45, 7) is 7.60. The average molecular weight is 712 g/mol. The maximum atomic E-state index is 13.2. The van der Waals surface area contributed by atoms with Crippen molar-refractivity contribution in [1.29, 1.82) is 0 Å². The highest BCUT2D eigenvalue weighted by molar-refractivity contribution is 5.83. The van der Waals surface area contributed by atoms with Crippen LogP contribution in [0.25, 0.3) is 0 Å². The molecule has 0 fully saturated rings. The normalized spacial score (nSPS) is 12.0. The minimum Gasteiger partial charge on any atom is -0.356 e. The van der Waals surface area contributed by atoms with E-state index in [1.165, 1.54) is 128 Å². The second-order valence-electron chi connectivity index (χ2n) is 14.6. The predicted octanol–water partition coefficient (Wildman–Crippen LogP) is 12.9. The molecule has 0 spiro atoms. The lowest BCUT2D eigenvalue weighted by molar-refractivity contribution is -0.133. The summed E-state index contributed by atoms with van der Waals surface area (Å²) < 4.78 is 0. The van der Waals surface area contributed by atoms with E-state index < -0.39 is 0 Å². The molecule has 0 aromatic rings. The number of hydrogen-bond acceptors (Lipinski definition) is 3. The summed E-state index contributed by atoms with van der Waals surface area (Å²) in [5.74, 6) is 0.155. The summed E-state index contributed by atoms with van der Waals surface area (Å²) in [6, 6.07) is 0. The number of nitrogens with two attached hydrogens (primary N) is 1. The molecule has 0 aromatic carbocycles. The van der Waals surface area contributed by atoms with E-state index in [0.29, 0.717) is 19.4 Å². The number of amides is 2. The van der Waals surface area contributed by atoms with Gasteiger partial charge in [0, 0.05) is 32.5 Å². The zero-order chi connectivity index (χ0) is 37.1. The van der Waals surface area contributed by atoms with Crippen LogP contribution in [-0.2, 0) is 9.59 Å². The monoisotopic (exact) mass is 712 g/mol. The lowest BCUT2D eigenvalue weighted by Gasteiger charge is -2.23. The van der Waals surface area contributed by atoms with Crippen molar-refractivity contribution < 1.29 is 9.59 Å². The van der Waals surface area contributed by atoms with Gasteiger partial charge in [0.05, 0.1) is 0 Å². The fourth-order valence-corrected chi connectivity index (χ4v) is 6.26. The van der Waals surface area contributed by atoms with Crippen molar-refractivity contribution in [1.82, 2.24) is 10.2 Å². The zero-order valence-corrected chi connectivity index (χ0v) is 34.0. The highest BCUT2D eigenvalue weighted by atomic mass is 16.2. The van der Waals surface area contributed by atoms with Crippen molar-refractivity contribution in [2.75, 3.05) is 26.2 Å². The summed E-state index contributed by atoms with van der Waals surface area (Å²) >= 11 is 0. The molecule has 0 heterocycles. The van der Waals surface area contributed by atoms with Crippen LogP contribution in [0.5, 0.6) is 0 Å². The summed E-state index contributed by atoms with van der Waals surface area (Å²) in [6.07, 6.45) is 52.9. The molecule has 0 aliphatic heterocycles. The van der Waals surface area contributed by atoms with Crippen LogP contribution in [-0.4, -0.2) is 42.9 Å². The molecule has 0 aliphatic rings. The molecule has 0 unspecified atom stereocenters. The summed E-state index contributed by atoms with van der Waals surface area (Å²) in [5, 5.41) is 3.00. The van der Waals surface area contributed by atoms with Gasteiger partial charge in [-0.3, -0.25) is 9.59 Å². The van der Waals surface area contributed by atoms with Gasteiger partial charge < -0.3 is 16.0 Å². The molecule has 0 saturated carbocycles. The summed E-state index contributed by atoms with van der Waals surface area (Å²) in [4.78, 5) is 27.6. The maximum Gasteiger partial charge on any atom is 0.223 e. The molecule has 0 saturated heterocycles. The Balaban J connectivity index is 4.26. The highest BCUT2D eigenvalue weighted by Crippen LogP contribution is 2.13. The van der Waals surface area contributed by atoms with E-state index >= 15 is 0 Å². The number of unbranched alkanes of at least 4 members (excludes halogenated alkanes) is 21. The molecule has 5 nitrogen and oxygen atoms in total. The van der Waals surface area contributed by atoms with Crippen LogP contribution < -0.4 is 11.1 Å². The van der Waals surface area contributed by atoms with Crippen molar-refractivity contribution in [2.24, 2.45) is 5.73 Å². The van der Waals surface area contributed by atoms with Crippen LogP contribution in [0, 0.1) is 0 Å². The minimum atomic E-state index is 0.00422. The summed E-state index contributed by atoms with van der Waals surface area (Å²) in [7, 11) is 0. The van der Waals surface area contributed by atoms with Crippen molar-refractivity contribution in [2.45, 2.75) is 206 Å². The first-order valence-electron chi connectivity index (χ1n) is 22.0. The van der Waals surface area contributed by atoms with Gasteiger partial charge in [-0.2, -0.15) is 0 Å². The van der Waals surface area contributed by atoms with E-state index in [1.807, 2.05) is 0 Å². The third kappa shape index (κ3) is 38.9. The van der Waals surface area contributed by atoms with E-state index in [1.54, 1.807) is 0 Å². The van der Waals surface area contributed by atoms with Gasteiger partial charge in [0.1, 0.15) is 0 Å². The van der Waals surface area contributed by atoms with Gasteiger partial charge >= 0.3 is 0 Å². The third-order valence-corrected chi connectivity index (χ3v) is 9.63. The predicted molar refractivity (Wildman–Crippen MR) is 225 cm³/mol. The van der Waals surface area contributed by atoms with E-state index in [4.69, 9.17) is 5.73 Å². The van der Waals surface area contributed by atoms with Crippen molar-refractivity contribution in [3.8, 4) is 0 Å². The molecule has 0 aliphatic carbocycles. The number of hydrogen-bond donors (Lipinski definition) is 2. The first kappa shape index (κ1) is 48.9. The number of nitrogens with one attached hydrogen (secondary N) is 1. The second-order valence-corrected chi connectivity index (χ2v) is 14.6. The molecule has 2 amide bonds. The van der Waals surface area contributed by atoms with Gasteiger partial charge in [-0.25, -0.2) is 0 Å². The molecular formula is C46H85N3O2. The number of carbonyl (C=O) groups excluding carboxylic acids is 2. The molecule has 51 heavy (non-hydrogen) atoms. The van der Waals surface area contributed by atoms with Gasteiger partial charge in [-0.15, -0.1) is 0 Å². The number of nitrogens with zero attached hydrogens (tertiary/aromatic N) is 1. The number of allylic oxidation sites excluding steroid dienone is 8. The Morgan fingerprint density at radius 2 is 0.863 bits per heavy atom. The first-order valence-corrected chi connectivity index (χ1v) is 22.0. The molecule has 0 atom stereocenters. The Morgan fingerprint density at radius 1 is 0.471 bits per heavy atom. The molecule has 0 bridgehead atoms. The minimum absolute atomic E-state index is 0.00422. The van der Waals surface area contributed by atoms with Crippen LogP contribution in [0.1, 0.15) is 206 Å². The van der Waals surface area contributed by atoms with Gasteiger partial charge in [-0.1, -0.05) is 152 Å².